The van der Waals surface area contributed by atoms with Crippen LogP contribution in [0.15, 0.2) is 34.8 Å². The third-order valence-corrected chi connectivity index (χ3v) is 4.22. The molecule has 21 heavy (non-hydrogen) atoms. The number of benzene rings is 2. The van der Waals surface area contributed by atoms with Crippen molar-refractivity contribution in [3.8, 4) is 5.75 Å². The first-order valence-corrected chi connectivity index (χ1v) is 7.90. The second kappa shape index (κ2) is 7.01. The predicted molar refractivity (Wildman–Crippen MR) is 89.7 cm³/mol. The third-order valence-electron chi connectivity index (χ3n) is 2.74. The number of carbonyl (C=O) groups is 1. The second-order valence-electron chi connectivity index (χ2n) is 4.43. The second-order valence-corrected chi connectivity index (χ2v) is 6.57. The molecule has 0 heterocycles. The lowest BCUT2D eigenvalue weighted by Gasteiger charge is -2.10. The summed E-state index contributed by atoms with van der Waals surface area (Å²) in [6, 6.07) is 8.51. The lowest BCUT2D eigenvalue weighted by atomic mass is 10.1. The molecule has 0 unspecified atom stereocenters. The maximum atomic E-state index is 12.0. The summed E-state index contributed by atoms with van der Waals surface area (Å²) in [7, 11) is 0. The highest BCUT2D eigenvalue weighted by atomic mass is 79.9. The Labute approximate surface area is 146 Å². The molecule has 0 aliphatic rings. The van der Waals surface area contributed by atoms with Crippen LogP contribution < -0.4 is 4.74 Å². The highest BCUT2D eigenvalue weighted by Gasteiger charge is 2.13. The van der Waals surface area contributed by atoms with Crippen molar-refractivity contribution in [2.75, 3.05) is 0 Å². The van der Waals surface area contributed by atoms with Crippen LogP contribution in [0.1, 0.15) is 11.1 Å². The van der Waals surface area contributed by atoms with E-state index in [0.29, 0.717) is 20.8 Å². The van der Waals surface area contributed by atoms with Crippen molar-refractivity contribution < 1.29 is 9.53 Å². The van der Waals surface area contributed by atoms with Crippen molar-refractivity contribution in [3.63, 3.8) is 0 Å². The van der Waals surface area contributed by atoms with Crippen LogP contribution in [0.3, 0.4) is 0 Å². The maximum Gasteiger partial charge on any atom is 0.315 e. The maximum absolute atomic E-state index is 12.0. The number of rotatable bonds is 3. The van der Waals surface area contributed by atoms with E-state index in [0.717, 1.165) is 15.6 Å². The van der Waals surface area contributed by atoms with Gasteiger partial charge in [0, 0.05) is 4.47 Å². The van der Waals surface area contributed by atoms with Crippen molar-refractivity contribution in [1.82, 2.24) is 0 Å². The smallest absolute Gasteiger partial charge is 0.315 e. The average molecular weight is 409 g/mol. The molecular weight excluding hydrogens is 398 g/mol. The van der Waals surface area contributed by atoms with Gasteiger partial charge in [-0.05, 0) is 42.3 Å². The van der Waals surface area contributed by atoms with Gasteiger partial charge in [-0.25, -0.2) is 0 Å². The van der Waals surface area contributed by atoms with Gasteiger partial charge in [0.25, 0.3) is 0 Å². The van der Waals surface area contributed by atoms with E-state index >= 15 is 0 Å². The Bertz CT molecular complexity index is 678. The topological polar surface area (TPSA) is 26.3 Å². The summed E-state index contributed by atoms with van der Waals surface area (Å²) in [6.07, 6.45) is 0.0860. The molecule has 2 aromatic rings. The molecule has 0 saturated heterocycles. The molecule has 0 atom stereocenters. The highest BCUT2D eigenvalue weighted by molar-refractivity contribution is 9.10. The van der Waals surface area contributed by atoms with Crippen molar-refractivity contribution in [2.45, 2.75) is 13.3 Å². The van der Waals surface area contributed by atoms with Crippen LogP contribution in [-0.4, -0.2) is 5.97 Å². The Morgan fingerprint density at radius 1 is 1.10 bits per heavy atom. The summed E-state index contributed by atoms with van der Waals surface area (Å²) in [5.41, 5.74) is 1.50. The highest BCUT2D eigenvalue weighted by Crippen LogP contribution is 2.32. The zero-order valence-electron chi connectivity index (χ0n) is 10.9. The molecule has 2 nitrogen and oxygen atoms in total. The fraction of sp³-hybridized carbons (Fsp3) is 0.133. The Morgan fingerprint density at radius 2 is 1.81 bits per heavy atom. The number of hydrogen-bond donors (Lipinski definition) is 0. The van der Waals surface area contributed by atoms with Crippen LogP contribution >= 0.6 is 50.7 Å². The normalized spacial score (nSPS) is 10.5. The molecule has 0 aliphatic carbocycles. The van der Waals surface area contributed by atoms with Crippen molar-refractivity contribution in [1.29, 1.82) is 0 Å². The summed E-state index contributed by atoms with van der Waals surface area (Å²) >= 11 is 21.2. The first-order valence-electron chi connectivity index (χ1n) is 5.97. The molecule has 0 aromatic heterocycles. The van der Waals surface area contributed by atoms with Gasteiger partial charge < -0.3 is 4.74 Å². The summed E-state index contributed by atoms with van der Waals surface area (Å²) in [5.74, 6) is -0.0503. The summed E-state index contributed by atoms with van der Waals surface area (Å²) in [5, 5.41) is 1.23. The first-order chi connectivity index (χ1) is 9.86. The van der Waals surface area contributed by atoms with E-state index in [-0.39, 0.29) is 6.42 Å². The van der Waals surface area contributed by atoms with Gasteiger partial charge in [-0.2, -0.15) is 0 Å². The number of carbonyl (C=O) groups excluding carboxylic acids is 1. The minimum atomic E-state index is -0.416. The van der Waals surface area contributed by atoms with E-state index in [1.165, 1.54) is 0 Å². The predicted octanol–water partition coefficient (Wildman–Crippen LogP) is 5.87. The van der Waals surface area contributed by atoms with Gasteiger partial charge in [0.15, 0.2) is 5.75 Å². The van der Waals surface area contributed by atoms with Gasteiger partial charge in [-0.15, -0.1) is 0 Å². The largest absolute Gasteiger partial charge is 0.424 e. The summed E-state index contributed by atoms with van der Waals surface area (Å²) in [4.78, 5) is 12.0. The van der Waals surface area contributed by atoms with E-state index in [9.17, 15) is 4.79 Å². The van der Waals surface area contributed by atoms with Gasteiger partial charge >= 0.3 is 5.97 Å². The van der Waals surface area contributed by atoms with Crippen molar-refractivity contribution in [3.05, 3.63) is 61.0 Å². The molecule has 0 radical (unpaired) electrons. The molecule has 6 heteroatoms. The molecule has 0 saturated carbocycles. The van der Waals surface area contributed by atoms with Crippen molar-refractivity contribution in [2.24, 2.45) is 0 Å². The van der Waals surface area contributed by atoms with Crippen LogP contribution in [0, 0.1) is 6.92 Å². The number of halogens is 4. The SMILES string of the molecule is Cc1cc(Br)cc(Cl)c1OC(=O)Cc1ccc(Cl)c(Cl)c1. The van der Waals surface area contributed by atoms with Gasteiger partial charge in [0.1, 0.15) is 0 Å². The number of aryl methyl sites for hydroxylation is 1. The van der Waals surface area contributed by atoms with Crippen LogP contribution in [0.2, 0.25) is 15.1 Å². The Hall–Kier alpha value is -0.740. The fourth-order valence-electron chi connectivity index (χ4n) is 1.78. The average Bonchev–Trinajstić information content (AvgIpc) is 2.38. The number of ether oxygens (including phenoxy) is 1. The number of esters is 1. The van der Waals surface area contributed by atoms with Crippen LogP contribution in [0.25, 0.3) is 0 Å². The zero-order chi connectivity index (χ0) is 15.6. The molecule has 0 bridgehead atoms. The van der Waals surface area contributed by atoms with Crippen molar-refractivity contribution >= 4 is 56.7 Å². The molecule has 110 valence electrons. The van der Waals surface area contributed by atoms with Gasteiger partial charge in [-0.3, -0.25) is 4.79 Å². The van der Waals surface area contributed by atoms with Gasteiger partial charge in [-0.1, -0.05) is 56.8 Å². The minimum Gasteiger partial charge on any atom is -0.424 e. The molecule has 0 spiro atoms. The van der Waals surface area contributed by atoms with E-state index in [1.54, 1.807) is 24.3 Å². The molecular formula is C15H10BrCl3O2. The van der Waals surface area contributed by atoms with Crippen LogP contribution in [-0.2, 0) is 11.2 Å². The number of hydrogen-bond acceptors (Lipinski definition) is 2. The molecule has 0 fully saturated rings. The Morgan fingerprint density at radius 3 is 2.43 bits per heavy atom. The van der Waals surface area contributed by atoms with Crippen LogP contribution in [0.5, 0.6) is 5.75 Å². The van der Waals surface area contributed by atoms with Crippen LogP contribution in [0.4, 0.5) is 0 Å². The van der Waals surface area contributed by atoms with E-state index < -0.39 is 5.97 Å². The molecule has 0 N–H and O–H groups in total. The van der Waals surface area contributed by atoms with E-state index in [2.05, 4.69) is 15.9 Å². The lowest BCUT2D eigenvalue weighted by molar-refractivity contribution is -0.133. The summed E-state index contributed by atoms with van der Waals surface area (Å²) < 4.78 is 6.17. The van der Waals surface area contributed by atoms with E-state index in [4.69, 9.17) is 39.5 Å². The Balaban J connectivity index is 2.13. The zero-order valence-corrected chi connectivity index (χ0v) is 14.8. The van der Waals surface area contributed by atoms with Gasteiger partial charge in [0.05, 0.1) is 21.5 Å². The van der Waals surface area contributed by atoms with Gasteiger partial charge in [0.2, 0.25) is 0 Å². The molecule has 0 aliphatic heterocycles. The summed E-state index contributed by atoms with van der Waals surface area (Å²) in [6.45, 7) is 1.82. The standard InChI is InChI=1S/C15H10BrCl3O2/c1-8-4-10(16)7-13(19)15(8)21-14(20)6-9-2-3-11(17)12(18)5-9/h2-5,7H,6H2,1H3. The quantitative estimate of drug-likeness (QED) is 0.469. The lowest BCUT2D eigenvalue weighted by Crippen LogP contribution is -2.12. The molecule has 2 aromatic carbocycles. The minimum absolute atomic E-state index is 0.0860. The molecule has 0 amide bonds. The monoisotopic (exact) mass is 406 g/mol. The fourth-order valence-corrected chi connectivity index (χ4v) is 3.11. The Kier molecular flexibility index (Phi) is 5.55. The van der Waals surface area contributed by atoms with E-state index in [1.807, 2.05) is 13.0 Å². The third kappa shape index (κ3) is 4.36. The molecule has 2 rings (SSSR count). The first kappa shape index (κ1) is 16.6.